The lowest BCUT2D eigenvalue weighted by Gasteiger charge is -2.26. The van der Waals surface area contributed by atoms with Crippen LogP contribution in [0.5, 0.6) is 0 Å². The van der Waals surface area contributed by atoms with E-state index in [1.807, 2.05) is 41.1 Å². The molecule has 0 saturated heterocycles. The van der Waals surface area contributed by atoms with E-state index in [1.54, 1.807) is 0 Å². The minimum Gasteiger partial charge on any atom is -0.390 e. The normalized spacial score (nSPS) is 22.3. The summed E-state index contributed by atoms with van der Waals surface area (Å²) in [4.78, 5) is 15.4. The maximum Gasteiger partial charge on any atom is 0.272 e. The summed E-state index contributed by atoms with van der Waals surface area (Å²) in [5, 5.41) is 18.4. The summed E-state index contributed by atoms with van der Waals surface area (Å²) in [5.41, 5.74) is 4.23. The van der Waals surface area contributed by atoms with Crippen LogP contribution in [-0.4, -0.2) is 48.1 Å². The van der Waals surface area contributed by atoms with Gasteiger partial charge in [0.1, 0.15) is 5.69 Å². The second-order valence-corrected chi connectivity index (χ2v) is 7.41. The third-order valence-corrected chi connectivity index (χ3v) is 5.41. The van der Waals surface area contributed by atoms with Crippen molar-refractivity contribution < 1.29 is 14.6 Å². The number of hydrogen-bond donors (Lipinski definition) is 1. The van der Waals surface area contributed by atoms with E-state index in [4.69, 9.17) is 4.74 Å². The Hall–Kier alpha value is -2.19. The van der Waals surface area contributed by atoms with Crippen LogP contribution in [0.1, 0.15) is 66.4 Å². The van der Waals surface area contributed by atoms with Crippen LogP contribution < -0.4 is 0 Å². The van der Waals surface area contributed by atoms with Gasteiger partial charge in [0.05, 0.1) is 42.4 Å². The van der Waals surface area contributed by atoms with Crippen molar-refractivity contribution in [3.63, 3.8) is 0 Å². The number of carbonyl (C=O) groups is 1. The molecule has 8 nitrogen and oxygen atoms in total. The Morgan fingerprint density at radius 1 is 1.33 bits per heavy atom. The third kappa shape index (κ3) is 3.17. The summed E-state index contributed by atoms with van der Waals surface area (Å²) in [6, 6.07) is 1.89. The van der Waals surface area contributed by atoms with Crippen molar-refractivity contribution in [2.24, 2.45) is 0 Å². The number of aryl methyl sites for hydroxylation is 2. The second kappa shape index (κ2) is 7.09. The first-order chi connectivity index (χ1) is 13.0. The van der Waals surface area contributed by atoms with Crippen LogP contribution >= 0.6 is 0 Å². The van der Waals surface area contributed by atoms with Gasteiger partial charge < -0.3 is 14.7 Å². The van der Waals surface area contributed by atoms with Crippen LogP contribution in [0, 0.1) is 0 Å². The van der Waals surface area contributed by atoms with Crippen molar-refractivity contribution >= 4 is 5.91 Å². The molecule has 0 aromatic carbocycles. The van der Waals surface area contributed by atoms with Crippen molar-refractivity contribution in [1.29, 1.82) is 0 Å². The summed E-state index contributed by atoms with van der Waals surface area (Å²) >= 11 is 0. The fourth-order valence-corrected chi connectivity index (χ4v) is 4.18. The highest BCUT2D eigenvalue weighted by molar-refractivity contribution is 5.94. The molecule has 146 valence electrons. The Bertz CT molecular complexity index is 856. The van der Waals surface area contributed by atoms with Gasteiger partial charge in [-0.25, -0.2) is 0 Å². The zero-order chi connectivity index (χ0) is 19.1. The van der Waals surface area contributed by atoms with Gasteiger partial charge in [0.15, 0.2) is 0 Å². The smallest absolute Gasteiger partial charge is 0.272 e. The van der Waals surface area contributed by atoms with E-state index in [0.29, 0.717) is 37.4 Å². The van der Waals surface area contributed by atoms with E-state index in [0.717, 1.165) is 29.9 Å². The predicted octanol–water partition coefficient (Wildman–Crippen LogP) is 1.66. The zero-order valence-electron chi connectivity index (χ0n) is 16.2. The van der Waals surface area contributed by atoms with Crippen LogP contribution in [0.25, 0.3) is 0 Å². The number of fused-ring (bicyclic) bond motifs is 2. The fourth-order valence-electron chi connectivity index (χ4n) is 4.18. The number of rotatable bonds is 3. The lowest BCUT2D eigenvalue weighted by Crippen LogP contribution is -2.34. The Balaban J connectivity index is 1.68. The molecule has 0 unspecified atom stereocenters. The molecule has 4 heterocycles. The summed E-state index contributed by atoms with van der Waals surface area (Å²) in [6.45, 7) is 8.55. The number of hydrogen-bond acceptors (Lipinski definition) is 5. The maximum absolute atomic E-state index is 13.5. The van der Waals surface area contributed by atoms with Crippen LogP contribution in [0.15, 0.2) is 6.07 Å². The maximum atomic E-state index is 13.5. The Morgan fingerprint density at radius 2 is 2.15 bits per heavy atom. The first kappa shape index (κ1) is 18.2. The lowest BCUT2D eigenvalue weighted by atomic mass is 9.99. The Labute approximate surface area is 158 Å². The zero-order valence-corrected chi connectivity index (χ0v) is 16.2. The first-order valence-electron chi connectivity index (χ1n) is 9.72. The van der Waals surface area contributed by atoms with Crippen LogP contribution in [0.3, 0.4) is 0 Å². The Morgan fingerprint density at radius 3 is 2.89 bits per heavy atom. The minimum atomic E-state index is -0.0965. The molecule has 4 rings (SSSR count). The predicted molar refractivity (Wildman–Crippen MR) is 98.1 cm³/mol. The molecule has 0 spiro atoms. The van der Waals surface area contributed by atoms with Gasteiger partial charge in [-0.2, -0.15) is 10.2 Å². The Kier molecular flexibility index (Phi) is 4.77. The summed E-state index contributed by atoms with van der Waals surface area (Å²) in [5.74, 6) is 0.0205. The molecule has 0 saturated carbocycles. The van der Waals surface area contributed by atoms with Gasteiger partial charge in [-0.05, 0) is 33.3 Å². The number of carbonyl (C=O) groups excluding carboxylic acids is 1. The number of amides is 1. The molecule has 0 aliphatic carbocycles. The second-order valence-electron chi connectivity index (χ2n) is 7.41. The van der Waals surface area contributed by atoms with E-state index in [1.165, 1.54) is 0 Å². The van der Waals surface area contributed by atoms with Crippen molar-refractivity contribution in [2.45, 2.75) is 72.1 Å². The molecule has 0 radical (unpaired) electrons. The standard InChI is InChI=1S/C19H27N5O3/c1-4-23-18(16-8-12(2)27-13(3)17(16)21-23)19(26)22-6-5-7-24-15(10-22)9-14(11-25)20-24/h9,12-13,25H,4-8,10-11H2,1-3H3/t12-,13+/m0/s1. The quantitative estimate of drug-likeness (QED) is 0.884. The van der Waals surface area contributed by atoms with Gasteiger partial charge in [0.25, 0.3) is 5.91 Å². The molecule has 2 aliphatic heterocycles. The summed E-state index contributed by atoms with van der Waals surface area (Å²) in [7, 11) is 0. The molecule has 2 aromatic heterocycles. The van der Waals surface area contributed by atoms with Crippen LogP contribution in [0.2, 0.25) is 0 Å². The molecule has 2 aliphatic rings. The molecule has 0 fully saturated rings. The number of nitrogens with zero attached hydrogens (tertiary/aromatic N) is 5. The number of aliphatic hydroxyl groups excluding tert-OH is 1. The first-order valence-corrected chi connectivity index (χ1v) is 9.72. The molecule has 1 amide bonds. The van der Waals surface area contributed by atoms with E-state index in [-0.39, 0.29) is 24.7 Å². The minimum absolute atomic E-state index is 0.0205. The summed E-state index contributed by atoms with van der Waals surface area (Å²) in [6.07, 6.45) is 1.53. The summed E-state index contributed by atoms with van der Waals surface area (Å²) < 4.78 is 9.63. The SMILES string of the molecule is CCn1nc2c(c1C(=O)N1CCCn3nc(CO)cc3C1)C[C@H](C)O[C@@H]2C. The van der Waals surface area contributed by atoms with E-state index >= 15 is 0 Å². The third-order valence-electron chi connectivity index (χ3n) is 5.41. The van der Waals surface area contributed by atoms with Crippen LogP contribution in [-0.2, 0) is 37.4 Å². The van der Waals surface area contributed by atoms with Gasteiger partial charge in [-0.1, -0.05) is 0 Å². The van der Waals surface area contributed by atoms with E-state index in [2.05, 4.69) is 10.2 Å². The monoisotopic (exact) mass is 373 g/mol. The molecular formula is C19H27N5O3. The number of ether oxygens (including phenoxy) is 1. The number of aliphatic hydroxyl groups is 1. The van der Waals surface area contributed by atoms with Gasteiger partial charge in [-0.3, -0.25) is 14.2 Å². The molecule has 2 aromatic rings. The van der Waals surface area contributed by atoms with Gasteiger partial charge >= 0.3 is 0 Å². The van der Waals surface area contributed by atoms with Gasteiger partial charge in [0, 0.05) is 31.6 Å². The topological polar surface area (TPSA) is 85.4 Å². The molecule has 1 N–H and O–H groups in total. The molecule has 8 heteroatoms. The lowest BCUT2D eigenvalue weighted by molar-refractivity contribution is -0.00716. The average molecular weight is 373 g/mol. The van der Waals surface area contributed by atoms with Crippen molar-refractivity contribution in [3.8, 4) is 0 Å². The van der Waals surface area contributed by atoms with Crippen molar-refractivity contribution in [2.75, 3.05) is 6.54 Å². The molecule has 2 atom stereocenters. The van der Waals surface area contributed by atoms with E-state index in [9.17, 15) is 9.90 Å². The van der Waals surface area contributed by atoms with Crippen LogP contribution in [0.4, 0.5) is 0 Å². The number of aromatic nitrogens is 4. The highest BCUT2D eigenvalue weighted by Crippen LogP contribution is 2.32. The van der Waals surface area contributed by atoms with Gasteiger partial charge in [0.2, 0.25) is 0 Å². The molecule has 0 bridgehead atoms. The van der Waals surface area contributed by atoms with Gasteiger partial charge in [-0.15, -0.1) is 0 Å². The van der Waals surface area contributed by atoms with Crippen molar-refractivity contribution in [1.82, 2.24) is 24.5 Å². The molecular weight excluding hydrogens is 346 g/mol. The molecule has 27 heavy (non-hydrogen) atoms. The largest absolute Gasteiger partial charge is 0.390 e. The fraction of sp³-hybridized carbons (Fsp3) is 0.632. The highest BCUT2D eigenvalue weighted by Gasteiger charge is 2.34. The van der Waals surface area contributed by atoms with E-state index < -0.39 is 0 Å². The average Bonchev–Trinajstić information content (AvgIpc) is 3.15. The highest BCUT2D eigenvalue weighted by atomic mass is 16.5. The van der Waals surface area contributed by atoms with Crippen molar-refractivity contribution in [3.05, 3.63) is 34.4 Å².